The topological polar surface area (TPSA) is 37.4 Å². The second-order valence-electron chi connectivity index (χ2n) is 3.50. The third kappa shape index (κ3) is 2.56. The van der Waals surface area contributed by atoms with Crippen LogP contribution in [0.2, 0.25) is 5.02 Å². The molecule has 7 heteroatoms. The molecule has 0 aliphatic heterocycles. The van der Waals surface area contributed by atoms with Crippen LogP contribution >= 0.6 is 38.9 Å². The van der Waals surface area contributed by atoms with Gasteiger partial charge in [0, 0.05) is 7.05 Å². The first-order valence-corrected chi connectivity index (χ1v) is 8.34. The monoisotopic (exact) mass is 365 g/mol. The van der Waals surface area contributed by atoms with Crippen LogP contribution in [0.4, 0.5) is 5.69 Å². The quantitative estimate of drug-likeness (QED) is 0.823. The summed E-state index contributed by atoms with van der Waals surface area (Å²) in [5.74, 6) is 0. The van der Waals surface area contributed by atoms with Gasteiger partial charge in [-0.05, 0) is 34.1 Å². The third-order valence-electron chi connectivity index (χ3n) is 2.36. The number of anilines is 1. The molecule has 96 valence electrons. The first kappa shape index (κ1) is 13.9. The maximum atomic E-state index is 12.4. The Morgan fingerprint density at radius 2 is 1.89 bits per heavy atom. The number of rotatable bonds is 3. The molecule has 0 amide bonds. The molecule has 0 aliphatic carbocycles. The van der Waals surface area contributed by atoms with Crippen molar-refractivity contribution in [2.75, 3.05) is 11.4 Å². The minimum atomic E-state index is -3.56. The average molecular weight is 367 g/mol. The van der Waals surface area contributed by atoms with Gasteiger partial charge in [0.05, 0.1) is 14.5 Å². The molecular formula is C11H9BrClNO2S2. The minimum Gasteiger partial charge on any atom is -0.269 e. The van der Waals surface area contributed by atoms with E-state index in [9.17, 15) is 8.42 Å². The third-order valence-corrected chi connectivity index (χ3v) is 7.07. The van der Waals surface area contributed by atoms with Gasteiger partial charge in [-0.1, -0.05) is 29.8 Å². The zero-order valence-corrected chi connectivity index (χ0v) is 13.3. The molecule has 2 rings (SSSR count). The molecule has 0 atom stereocenters. The summed E-state index contributed by atoms with van der Waals surface area (Å²) in [6, 6.07) is 10.3. The molecule has 0 N–H and O–H groups in total. The number of hydrogen-bond donors (Lipinski definition) is 0. The molecule has 1 aromatic carbocycles. The summed E-state index contributed by atoms with van der Waals surface area (Å²) in [5, 5.41) is 0.403. The van der Waals surface area contributed by atoms with Crippen molar-refractivity contribution in [1.29, 1.82) is 0 Å². The number of sulfonamides is 1. The van der Waals surface area contributed by atoms with Crippen LogP contribution in [0.5, 0.6) is 0 Å². The van der Waals surface area contributed by atoms with Crippen LogP contribution in [0.3, 0.4) is 0 Å². The lowest BCUT2D eigenvalue weighted by molar-refractivity contribution is 0.596. The number of benzene rings is 1. The van der Waals surface area contributed by atoms with Crippen molar-refractivity contribution in [1.82, 2.24) is 0 Å². The zero-order valence-electron chi connectivity index (χ0n) is 9.30. The Bertz CT molecular complexity index is 635. The van der Waals surface area contributed by atoms with E-state index in [1.165, 1.54) is 17.4 Å². The van der Waals surface area contributed by atoms with E-state index in [0.717, 1.165) is 11.3 Å². The van der Waals surface area contributed by atoms with E-state index in [2.05, 4.69) is 15.9 Å². The molecule has 0 fully saturated rings. The normalized spacial score (nSPS) is 11.5. The molecule has 2 aromatic rings. The fourth-order valence-corrected chi connectivity index (χ4v) is 5.13. The molecule has 18 heavy (non-hydrogen) atoms. The molecule has 0 bridgehead atoms. The molecule has 0 unspecified atom stereocenters. The van der Waals surface area contributed by atoms with Crippen LogP contribution in [0, 0.1) is 0 Å². The van der Waals surface area contributed by atoms with Gasteiger partial charge >= 0.3 is 0 Å². The highest BCUT2D eigenvalue weighted by atomic mass is 79.9. The van der Waals surface area contributed by atoms with Crippen LogP contribution < -0.4 is 4.31 Å². The van der Waals surface area contributed by atoms with E-state index in [1.54, 1.807) is 24.3 Å². The van der Waals surface area contributed by atoms with Crippen molar-refractivity contribution >= 4 is 54.6 Å². The predicted molar refractivity (Wildman–Crippen MR) is 79.1 cm³/mol. The lowest BCUT2D eigenvalue weighted by Gasteiger charge is -2.18. The molecule has 0 radical (unpaired) electrons. The highest BCUT2D eigenvalue weighted by Gasteiger charge is 2.24. The van der Waals surface area contributed by atoms with Crippen molar-refractivity contribution in [3.63, 3.8) is 0 Å². The Morgan fingerprint density at radius 3 is 2.39 bits per heavy atom. The van der Waals surface area contributed by atoms with Crippen LogP contribution in [-0.2, 0) is 10.0 Å². The summed E-state index contributed by atoms with van der Waals surface area (Å²) in [6.45, 7) is 0. The molecule has 1 aromatic heterocycles. The Hall–Kier alpha value is -0.560. The summed E-state index contributed by atoms with van der Waals surface area (Å²) in [7, 11) is -2.04. The largest absolute Gasteiger partial charge is 0.273 e. The smallest absolute Gasteiger partial charge is 0.269 e. The van der Waals surface area contributed by atoms with Gasteiger partial charge < -0.3 is 0 Å². The van der Waals surface area contributed by atoms with E-state index in [0.29, 0.717) is 14.5 Å². The van der Waals surface area contributed by atoms with E-state index in [1.807, 2.05) is 6.07 Å². The maximum absolute atomic E-state index is 12.4. The summed E-state index contributed by atoms with van der Waals surface area (Å²) in [5.41, 5.74) is 0.609. The number of thiophene rings is 1. The van der Waals surface area contributed by atoms with Gasteiger partial charge in [0.15, 0.2) is 0 Å². The second kappa shape index (κ2) is 5.21. The summed E-state index contributed by atoms with van der Waals surface area (Å²) >= 11 is 10.2. The number of halogens is 2. The molecule has 0 saturated carbocycles. The van der Waals surface area contributed by atoms with Crippen molar-refractivity contribution in [2.45, 2.75) is 4.21 Å². The van der Waals surface area contributed by atoms with E-state index in [-0.39, 0.29) is 4.21 Å². The molecule has 0 aliphatic rings. The first-order valence-electron chi connectivity index (χ1n) is 4.92. The number of nitrogens with zero attached hydrogens (tertiary/aromatic N) is 1. The Balaban J connectivity index is 2.43. The van der Waals surface area contributed by atoms with Gasteiger partial charge in [-0.25, -0.2) is 8.42 Å². The van der Waals surface area contributed by atoms with Crippen molar-refractivity contribution in [3.8, 4) is 0 Å². The highest BCUT2D eigenvalue weighted by Crippen LogP contribution is 2.36. The second-order valence-corrected chi connectivity index (χ2v) is 8.47. The Labute approximate surface area is 123 Å². The van der Waals surface area contributed by atoms with Crippen LogP contribution in [0.15, 0.2) is 44.4 Å². The molecule has 3 nitrogen and oxygen atoms in total. The molecule has 0 saturated heterocycles. The Morgan fingerprint density at radius 1 is 1.28 bits per heavy atom. The van der Waals surface area contributed by atoms with Gasteiger partial charge in [-0.3, -0.25) is 4.31 Å². The summed E-state index contributed by atoms with van der Waals surface area (Å²) in [4.78, 5) is 0. The molecule has 0 spiro atoms. The zero-order chi connectivity index (χ0) is 13.3. The predicted octanol–water partition coefficient (Wildman–Crippen LogP) is 3.99. The standard InChI is InChI=1S/C11H9BrClNO2S2/c1-14(8-5-3-2-4-6-8)18(15,16)10-7-9(13)11(12)17-10/h2-7H,1H3. The van der Waals surface area contributed by atoms with Gasteiger partial charge in [0.25, 0.3) is 10.0 Å². The van der Waals surface area contributed by atoms with Crippen LogP contribution in [-0.4, -0.2) is 15.5 Å². The number of hydrogen-bond acceptors (Lipinski definition) is 3. The van der Waals surface area contributed by atoms with Crippen molar-refractivity contribution in [2.24, 2.45) is 0 Å². The lowest BCUT2D eigenvalue weighted by atomic mass is 10.3. The SMILES string of the molecule is CN(c1ccccc1)S(=O)(=O)c1cc(Cl)c(Br)s1. The Kier molecular flexibility index (Phi) is 4.01. The maximum Gasteiger partial charge on any atom is 0.273 e. The highest BCUT2D eigenvalue weighted by molar-refractivity contribution is 9.11. The van der Waals surface area contributed by atoms with Gasteiger partial charge in [-0.15, -0.1) is 11.3 Å². The van der Waals surface area contributed by atoms with Crippen LogP contribution in [0.25, 0.3) is 0 Å². The van der Waals surface area contributed by atoms with Crippen molar-refractivity contribution < 1.29 is 8.42 Å². The fourth-order valence-electron chi connectivity index (χ4n) is 1.37. The number of para-hydroxylation sites is 1. The minimum absolute atomic E-state index is 0.214. The molecular weight excluding hydrogens is 358 g/mol. The van der Waals surface area contributed by atoms with Crippen LogP contribution in [0.1, 0.15) is 0 Å². The fraction of sp³-hybridized carbons (Fsp3) is 0.0909. The van der Waals surface area contributed by atoms with Gasteiger partial charge in [0.1, 0.15) is 4.21 Å². The van der Waals surface area contributed by atoms with Gasteiger partial charge in [-0.2, -0.15) is 0 Å². The lowest BCUT2D eigenvalue weighted by Crippen LogP contribution is -2.25. The van der Waals surface area contributed by atoms with Gasteiger partial charge in [0.2, 0.25) is 0 Å². The van der Waals surface area contributed by atoms with Crippen molar-refractivity contribution in [3.05, 3.63) is 45.2 Å². The summed E-state index contributed by atoms with van der Waals surface area (Å²) in [6.07, 6.45) is 0. The first-order chi connectivity index (χ1) is 8.43. The average Bonchev–Trinajstić information content (AvgIpc) is 2.70. The van der Waals surface area contributed by atoms with E-state index in [4.69, 9.17) is 11.6 Å². The summed E-state index contributed by atoms with van der Waals surface area (Å²) < 4.78 is 26.8. The molecule has 1 heterocycles. The van der Waals surface area contributed by atoms with E-state index >= 15 is 0 Å². The van der Waals surface area contributed by atoms with E-state index < -0.39 is 10.0 Å².